The number of phenols is 1. The summed E-state index contributed by atoms with van der Waals surface area (Å²) in [5.41, 5.74) is -4.50. The molecule has 234 valence electrons. The summed E-state index contributed by atoms with van der Waals surface area (Å²) >= 11 is 0. The zero-order valence-electron chi connectivity index (χ0n) is 26.1. The predicted octanol–water partition coefficient (Wildman–Crippen LogP) is 5.04. The van der Waals surface area contributed by atoms with Crippen molar-refractivity contribution < 1.29 is 49.0 Å². The van der Waals surface area contributed by atoms with Gasteiger partial charge in [0.15, 0.2) is 28.7 Å². The van der Waals surface area contributed by atoms with Gasteiger partial charge in [0.25, 0.3) is 0 Å². The Morgan fingerprint density at radius 1 is 0.977 bits per heavy atom. The van der Waals surface area contributed by atoms with Crippen LogP contribution in [-0.2, 0) is 16.0 Å². The number of hydrogen-bond acceptors (Lipinski definition) is 10. The van der Waals surface area contributed by atoms with Crippen molar-refractivity contribution in [1.82, 2.24) is 0 Å². The minimum atomic E-state index is -2.67. The van der Waals surface area contributed by atoms with Gasteiger partial charge in [0.05, 0.1) is 26.9 Å². The van der Waals surface area contributed by atoms with Crippen LogP contribution in [0.5, 0.6) is 23.0 Å². The van der Waals surface area contributed by atoms with Crippen LogP contribution in [0, 0.1) is 22.7 Å². The van der Waals surface area contributed by atoms with Crippen LogP contribution in [0.15, 0.2) is 46.9 Å². The number of phenolic OH excluding ortho intramolecular Hbond substituents is 1. The summed E-state index contributed by atoms with van der Waals surface area (Å²) in [7, 11) is 4.46. The van der Waals surface area contributed by atoms with Gasteiger partial charge in [0.1, 0.15) is 22.8 Å². The Kier molecular flexibility index (Phi) is 7.16. The Hall–Kier alpha value is -4.31. The Labute approximate surface area is 255 Å². The molecule has 0 radical (unpaired) electrons. The van der Waals surface area contributed by atoms with Gasteiger partial charge in [0.2, 0.25) is 11.5 Å². The lowest BCUT2D eigenvalue weighted by Gasteiger charge is -2.59. The summed E-state index contributed by atoms with van der Waals surface area (Å²) < 4.78 is 16.5. The van der Waals surface area contributed by atoms with Gasteiger partial charge < -0.3 is 34.6 Å². The standard InChI is InChI=1S/C34H38O10/c1-15(2)25-27(37)23(16(3)35)30(39)34(41)31(40)26-28(38)24-19(13-32(26,4)14-33(25,34)5)18(9-10-20(24)36)17-11-21(42-6)29(44-8)22(12-17)43-7/h9-12,15,25,36-37,40-41H,13-14H2,1-8H3/t25?,32-,33-,34+/m1/s1. The third-order valence-corrected chi connectivity index (χ3v) is 9.87. The first-order chi connectivity index (χ1) is 20.5. The second-order valence-electron chi connectivity index (χ2n) is 12.9. The molecule has 3 aliphatic rings. The number of carbonyl (C=O) groups excluding carboxylic acids is 3. The molecule has 0 fully saturated rings. The molecule has 1 unspecified atom stereocenters. The maximum atomic E-state index is 14.3. The fourth-order valence-electron chi connectivity index (χ4n) is 8.24. The van der Waals surface area contributed by atoms with Crippen molar-refractivity contribution in [3.8, 4) is 34.1 Å². The average Bonchev–Trinajstić information content (AvgIpc) is 2.93. The number of benzene rings is 2. The van der Waals surface area contributed by atoms with Crippen molar-refractivity contribution in [3.05, 3.63) is 58.1 Å². The Balaban J connectivity index is 1.80. The first-order valence-electron chi connectivity index (χ1n) is 14.4. The Morgan fingerprint density at radius 3 is 2.07 bits per heavy atom. The van der Waals surface area contributed by atoms with Crippen molar-refractivity contribution in [2.24, 2.45) is 22.7 Å². The van der Waals surface area contributed by atoms with Crippen LogP contribution in [0.25, 0.3) is 11.1 Å². The number of rotatable bonds is 6. The molecule has 0 saturated heterocycles. The fourth-order valence-corrected chi connectivity index (χ4v) is 8.24. The van der Waals surface area contributed by atoms with E-state index in [4.69, 9.17) is 14.2 Å². The van der Waals surface area contributed by atoms with Crippen LogP contribution in [0.3, 0.4) is 0 Å². The summed E-state index contributed by atoms with van der Waals surface area (Å²) in [6.07, 6.45) is 0.123. The molecule has 5 rings (SSSR count). The molecule has 0 aromatic heterocycles. The highest BCUT2D eigenvalue weighted by molar-refractivity contribution is 6.25. The zero-order chi connectivity index (χ0) is 32.7. The van der Waals surface area contributed by atoms with E-state index in [1.165, 1.54) is 27.4 Å². The average molecular weight is 607 g/mol. The number of methoxy groups -OCH3 is 3. The molecule has 0 aliphatic heterocycles. The monoisotopic (exact) mass is 606 g/mol. The zero-order valence-corrected chi connectivity index (χ0v) is 26.1. The molecule has 2 aromatic carbocycles. The van der Waals surface area contributed by atoms with E-state index in [-0.39, 0.29) is 35.6 Å². The molecule has 4 N–H and O–H groups in total. The SMILES string of the molecule is COc1cc(-c2ccc(O)c3c2C[C@]2(C)C[C@]4(C)C(C(C)C)C(O)=C(C(C)=O)C(=O)[C@]4(O)C(O)=C2C3=O)cc(OC)c1OC. The molecular weight excluding hydrogens is 568 g/mol. The molecule has 3 aliphatic carbocycles. The topological polar surface area (TPSA) is 160 Å². The number of carbonyl (C=O) groups is 3. The number of ether oxygens (including phenoxy) is 3. The van der Waals surface area contributed by atoms with Gasteiger partial charge in [0, 0.05) is 22.3 Å². The van der Waals surface area contributed by atoms with Gasteiger partial charge in [-0.2, -0.15) is 0 Å². The summed E-state index contributed by atoms with van der Waals surface area (Å²) in [5.74, 6) is -4.39. The molecule has 0 heterocycles. The van der Waals surface area contributed by atoms with E-state index in [1.54, 1.807) is 45.9 Å². The van der Waals surface area contributed by atoms with Crippen LogP contribution in [0.4, 0.5) is 0 Å². The van der Waals surface area contributed by atoms with Crippen LogP contribution in [0.2, 0.25) is 0 Å². The highest BCUT2D eigenvalue weighted by Crippen LogP contribution is 2.65. The number of fused-ring (bicyclic) bond motifs is 3. The van der Waals surface area contributed by atoms with E-state index in [9.17, 15) is 34.8 Å². The van der Waals surface area contributed by atoms with Crippen LogP contribution < -0.4 is 14.2 Å². The highest BCUT2D eigenvalue weighted by atomic mass is 16.5. The molecule has 0 saturated carbocycles. The molecule has 4 atom stereocenters. The number of allylic oxidation sites excluding steroid dienone is 2. The summed E-state index contributed by atoms with van der Waals surface area (Å²) in [5, 5.41) is 46.4. The Morgan fingerprint density at radius 2 is 1.57 bits per heavy atom. The molecule has 10 nitrogen and oxygen atoms in total. The lowest BCUT2D eigenvalue weighted by atomic mass is 9.44. The number of aliphatic hydroxyl groups is 3. The maximum absolute atomic E-state index is 14.3. The number of aliphatic hydroxyl groups excluding tert-OH is 2. The van der Waals surface area contributed by atoms with E-state index in [1.807, 2.05) is 0 Å². The van der Waals surface area contributed by atoms with Crippen molar-refractivity contribution in [1.29, 1.82) is 0 Å². The largest absolute Gasteiger partial charge is 0.511 e. The van der Waals surface area contributed by atoms with Crippen LogP contribution in [-0.4, -0.2) is 64.7 Å². The number of ketones is 3. The number of aromatic hydroxyl groups is 1. The van der Waals surface area contributed by atoms with Crippen molar-refractivity contribution in [2.75, 3.05) is 21.3 Å². The lowest BCUT2D eigenvalue weighted by molar-refractivity contribution is -0.171. The highest BCUT2D eigenvalue weighted by Gasteiger charge is 2.71. The van der Waals surface area contributed by atoms with Gasteiger partial charge in [-0.15, -0.1) is 0 Å². The maximum Gasteiger partial charge on any atom is 0.209 e. The fraction of sp³-hybridized carbons (Fsp3) is 0.441. The van der Waals surface area contributed by atoms with E-state index in [0.29, 0.717) is 33.9 Å². The van der Waals surface area contributed by atoms with E-state index < -0.39 is 56.8 Å². The summed E-state index contributed by atoms with van der Waals surface area (Å²) in [6, 6.07) is 6.50. The van der Waals surface area contributed by atoms with E-state index in [2.05, 4.69) is 0 Å². The normalized spacial score (nSPS) is 28.0. The smallest absolute Gasteiger partial charge is 0.209 e. The van der Waals surface area contributed by atoms with Gasteiger partial charge in [-0.3, -0.25) is 14.4 Å². The molecule has 2 aromatic rings. The third kappa shape index (κ3) is 3.86. The van der Waals surface area contributed by atoms with E-state index in [0.717, 1.165) is 6.92 Å². The molecule has 0 spiro atoms. The summed E-state index contributed by atoms with van der Waals surface area (Å²) in [6.45, 7) is 8.05. The molecular formula is C34H38O10. The van der Waals surface area contributed by atoms with Crippen molar-refractivity contribution in [3.63, 3.8) is 0 Å². The molecule has 10 heteroatoms. The summed E-state index contributed by atoms with van der Waals surface area (Å²) in [4.78, 5) is 40.8. The second-order valence-corrected chi connectivity index (χ2v) is 12.9. The third-order valence-electron chi connectivity index (χ3n) is 9.87. The van der Waals surface area contributed by atoms with Gasteiger partial charge >= 0.3 is 0 Å². The second kappa shape index (κ2) is 10.1. The van der Waals surface area contributed by atoms with Gasteiger partial charge in [-0.25, -0.2) is 0 Å². The lowest BCUT2D eigenvalue weighted by Crippen LogP contribution is -2.67. The molecule has 0 bridgehead atoms. The minimum Gasteiger partial charge on any atom is -0.511 e. The van der Waals surface area contributed by atoms with Gasteiger partial charge in [-0.1, -0.05) is 33.8 Å². The van der Waals surface area contributed by atoms with Crippen molar-refractivity contribution >= 4 is 17.3 Å². The van der Waals surface area contributed by atoms with Crippen molar-refractivity contribution in [2.45, 2.75) is 53.1 Å². The predicted molar refractivity (Wildman–Crippen MR) is 160 cm³/mol. The molecule has 44 heavy (non-hydrogen) atoms. The molecule has 0 amide bonds. The first-order valence-corrected chi connectivity index (χ1v) is 14.4. The van der Waals surface area contributed by atoms with Crippen LogP contribution in [0.1, 0.15) is 57.0 Å². The van der Waals surface area contributed by atoms with E-state index >= 15 is 0 Å². The van der Waals surface area contributed by atoms with Gasteiger partial charge in [-0.05, 0) is 60.6 Å². The number of hydrogen-bond donors (Lipinski definition) is 4. The van der Waals surface area contributed by atoms with Crippen LogP contribution >= 0.6 is 0 Å². The Bertz CT molecular complexity index is 1670. The number of Topliss-reactive ketones (excluding diaryl/α,β-unsaturated/α-hetero) is 3. The first kappa shape index (κ1) is 31.1. The minimum absolute atomic E-state index is 0.00471. The quantitative estimate of drug-likeness (QED) is 0.328.